The Morgan fingerprint density at radius 3 is 2.58 bits per heavy atom. The SMILES string of the molecule is CC(C)C(NC(=O)C1CC(=O)N(c2ccc3c(c2)OCCO3)C1)C(=O)NCCC(=O)O. The summed E-state index contributed by atoms with van der Waals surface area (Å²) in [5.41, 5.74) is 0.622. The molecule has 2 unspecified atom stereocenters. The van der Waals surface area contributed by atoms with Crippen LogP contribution in [0.2, 0.25) is 0 Å². The Kier molecular flexibility index (Phi) is 6.98. The Morgan fingerprint density at radius 1 is 1.19 bits per heavy atom. The van der Waals surface area contributed by atoms with Gasteiger partial charge in [0.25, 0.3) is 0 Å². The number of hydrogen-bond acceptors (Lipinski definition) is 6. The molecule has 31 heavy (non-hydrogen) atoms. The first-order valence-electron chi connectivity index (χ1n) is 10.3. The molecule has 0 aromatic heterocycles. The van der Waals surface area contributed by atoms with Crippen molar-refractivity contribution in [2.24, 2.45) is 11.8 Å². The average Bonchev–Trinajstić information content (AvgIpc) is 3.12. The van der Waals surface area contributed by atoms with Crippen molar-refractivity contribution in [3.05, 3.63) is 18.2 Å². The van der Waals surface area contributed by atoms with E-state index in [1.165, 1.54) is 4.90 Å². The van der Waals surface area contributed by atoms with Crippen LogP contribution in [0.1, 0.15) is 26.7 Å². The van der Waals surface area contributed by atoms with Gasteiger partial charge in [-0.25, -0.2) is 0 Å². The second kappa shape index (κ2) is 9.67. The zero-order chi connectivity index (χ0) is 22.5. The van der Waals surface area contributed by atoms with Crippen LogP contribution in [-0.4, -0.2) is 61.1 Å². The number of amides is 3. The summed E-state index contributed by atoms with van der Waals surface area (Å²) in [4.78, 5) is 49.9. The molecule has 1 aromatic carbocycles. The second-order valence-electron chi connectivity index (χ2n) is 7.90. The molecule has 10 heteroatoms. The van der Waals surface area contributed by atoms with E-state index in [0.29, 0.717) is 30.4 Å². The number of anilines is 1. The summed E-state index contributed by atoms with van der Waals surface area (Å²) in [5, 5.41) is 13.9. The highest BCUT2D eigenvalue weighted by molar-refractivity contribution is 6.01. The van der Waals surface area contributed by atoms with Gasteiger partial charge in [-0.2, -0.15) is 0 Å². The molecule has 1 fully saturated rings. The van der Waals surface area contributed by atoms with Gasteiger partial charge in [0.2, 0.25) is 17.7 Å². The van der Waals surface area contributed by atoms with E-state index in [0.717, 1.165) is 0 Å². The molecule has 2 aliphatic rings. The predicted octanol–water partition coefficient (Wildman–Crippen LogP) is 0.542. The van der Waals surface area contributed by atoms with Gasteiger partial charge in [-0.1, -0.05) is 13.8 Å². The van der Waals surface area contributed by atoms with Crippen LogP contribution in [0.4, 0.5) is 5.69 Å². The number of carbonyl (C=O) groups excluding carboxylic acids is 3. The first-order chi connectivity index (χ1) is 14.8. The standard InChI is InChI=1S/C21H27N3O7/c1-12(2)19(21(29)22-6-5-18(26)27)23-20(28)13-9-17(25)24(11-13)14-3-4-15-16(10-14)31-8-7-30-15/h3-4,10,12-13,19H,5-9,11H2,1-2H3,(H,22,29)(H,23,28)(H,26,27). The van der Waals surface area contributed by atoms with E-state index in [1.54, 1.807) is 32.0 Å². The van der Waals surface area contributed by atoms with Crippen LogP contribution in [0.15, 0.2) is 18.2 Å². The van der Waals surface area contributed by atoms with Gasteiger partial charge in [-0.15, -0.1) is 0 Å². The first-order valence-corrected chi connectivity index (χ1v) is 10.3. The highest BCUT2D eigenvalue weighted by Crippen LogP contribution is 2.36. The largest absolute Gasteiger partial charge is 0.486 e. The van der Waals surface area contributed by atoms with Crippen LogP contribution >= 0.6 is 0 Å². The van der Waals surface area contributed by atoms with E-state index in [-0.39, 0.29) is 43.7 Å². The lowest BCUT2D eigenvalue weighted by Gasteiger charge is -2.24. The van der Waals surface area contributed by atoms with Crippen LogP contribution in [0.5, 0.6) is 11.5 Å². The normalized spacial score (nSPS) is 18.6. The highest BCUT2D eigenvalue weighted by Gasteiger charge is 2.37. The lowest BCUT2D eigenvalue weighted by molar-refractivity contribution is -0.137. The summed E-state index contributed by atoms with van der Waals surface area (Å²) in [7, 11) is 0. The third-order valence-electron chi connectivity index (χ3n) is 5.22. The molecule has 0 radical (unpaired) electrons. The molecule has 3 amide bonds. The van der Waals surface area contributed by atoms with E-state index in [4.69, 9.17) is 14.6 Å². The molecule has 0 spiro atoms. The molecule has 10 nitrogen and oxygen atoms in total. The molecule has 168 valence electrons. The predicted molar refractivity (Wildman–Crippen MR) is 110 cm³/mol. The highest BCUT2D eigenvalue weighted by atomic mass is 16.6. The van der Waals surface area contributed by atoms with E-state index in [9.17, 15) is 19.2 Å². The van der Waals surface area contributed by atoms with Crippen molar-refractivity contribution < 1.29 is 33.8 Å². The second-order valence-corrected chi connectivity index (χ2v) is 7.90. The van der Waals surface area contributed by atoms with E-state index in [2.05, 4.69) is 10.6 Å². The first kappa shape index (κ1) is 22.4. The van der Waals surface area contributed by atoms with Crippen LogP contribution in [0, 0.1) is 11.8 Å². The lowest BCUT2D eigenvalue weighted by atomic mass is 10.0. The molecule has 2 atom stereocenters. The van der Waals surface area contributed by atoms with Crippen molar-refractivity contribution >= 4 is 29.4 Å². The number of fused-ring (bicyclic) bond motifs is 1. The number of carbonyl (C=O) groups is 4. The maximum absolute atomic E-state index is 12.8. The third kappa shape index (κ3) is 5.44. The molecule has 0 bridgehead atoms. The van der Waals surface area contributed by atoms with Crippen molar-refractivity contribution in [2.75, 3.05) is 31.2 Å². The minimum Gasteiger partial charge on any atom is -0.486 e. The molecule has 2 heterocycles. The summed E-state index contributed by atoms with van der Waals surface area (Å²) in [6.07, 6.45) is -0.169. The molecule has 3 N–H and O–H groups in total. The maximum atomic E-state index is 12.8. The summed E-state index contributed by atoms with van der Waals surface area (Å²) >= 11 is 0. The van der Waals surface area contributed by atoms with Crippen LogP contribution in [-0.2, 0) is 19.2 Å². The Bertz CT molecular complexity index is 871. The van der Waals surface area contributed by atoms with Crippen LogP contribution < -0.4 is 25.0 Å². The van der Waals surface area contributed by atoms with Gasteiger partial charge >= 0.3 is 5.97 Å². The van der Waals surface area contributed by atoms with E-state index < -0.39 is 23.8 Å². The van der Waals surface area contributed by atoms with Crippen molar-refractivity contribution in [1.29, 1.82) is 0 Å². The van der Waals surface area contributed by atoms with Crippen molar-refractivity contribution in [3.8, 4) is 11.5 Å². The van der Waals surface area contributed by atoms with Crippen molar-refractivity contribution in [3.63, 3.8) is 0 Å². The maximum Gasteiger partial charge on any atom is 0.305 e. The quantitative estimate of drug-likeness (QED) is 0.545. The number of carboxylic acids is 1. The van der Waals surface area contributed by atoms with E-state index >= 15 is 0 Å². The van der Waals surface area contributed by atoms with Gasteiger partial charge in [0.05, 0.1) is 12.3 Å². The molecule has 0 saturated carbocycles. The molecular weight excluding hydrogens is 406 g/mol. The van der Waals surface area contributed by atoms with Crippen LogP contribution in [0.3, 0.4) is 0 Å². The van der Waals surface area contributed by atoms with E-state index in [1.807, 2.05) is 0 Å². The molecule has 1 aromatic rings. The number of benzene rings is 1. The Morgan fingerprint density at radius 2 is 1.90 bits per heavy atom. The molecule has 3 rings (SSSR count). The lowest BCUT2D eigenvalue weighted by Crippen LogP contribution is -2.51. The van der Waals surface area contributed by atoms with Gasteiger partial charge in [-0.05, 0) is 18.1 Å². The molecule has 2 aliphatic heterocycles. The summed E-state index contributed by atoms with van der Waals surface area (Å²) in [6, 6.07) is 4.39. The van der Waals surface area contributed by atoms with Crippen molar-refractivity contribution in [1.82, 2.24) is 10.6 Å². The number of hydrogen-bond donors (Lipinski definition) is 3. The molecular formula is C21H27N3O7. The van der Waals surface area contributed by atoms with Gasteiger partial charge in [0, 0.05) is 31.3 Å². The number of ether oxygens (including phenoxy) is 2. The minimum absolute atomic E-state index is 0.0208. The van der Waals surface area contributed by atoms with Crippen molar-refractivity contribution in [2.45, 2.75) is 32.7 Å². The fourth-order valence-electron chi connectivity index (χ4n) is 3.54. The molecule has 1 saturated heterocycles. The van der Waals surface area contributed by atoms with Gasteiger partial charge in [0.1, 0.15) is 19.3 Å². The average molecular weight is 433 g/mol. The fraction of sp³-hybridized carbons (Fsp3) is 0.524. The fourth-order valence-corrected chi connectivity index (χ4v) is 3.54. The summed E-state index contributed by atoms with van der Waals surface area (Å²) < 4.78 is 11.1. The van der Waals surface area contributed by atoms with Crippen LogP contribution in [0.25, 0.3) is 0 Å². The minimum atomic E-state index is -1.02. The Balaban J connectivity index is 1.62. The Labute approximate surface area is 179 Å². The zero-order valence-corrected chi connectivity index (χ0v) is 17.6. The third-order valence-corrected chi connectivity index (χ3v) is 5.22. The Hall–Kier alpha value is -3.30. The number of carboxylic acid groups (broad SMARTS) is 1. The zero-order valence-electron chi connectivity index (χ0n) is 17.6. The number of nitrogens with one attached hydrogen (secondary N) is 2. The summed E-state index contributed by atoms with van der Waals surface area (Å²) in [6.45, 7) is 4.63. The monoisotopic (exact) mass is 433 g/mol. The number of rotatable bonds is 8. The van der Waals surface area contributed by atoms with Gasteiger partial charge < -0.3 is 30.1 Å². The number of aliphatic carboxylic acids is 1. The van der Waals surface area contributed by atoms with Gasteiger partial charge in [-0.3, -0.25) is 19.2 Å². The topological polar surface area (TPSA) is 134 Å². The molecule has 0 aliphatic carbocycles. The summed E-state index contributed by atoms with van der Waals surface area (Å²) in [5.74, 6) is -1.68. The smallest absolute Gasteiger partial charge is 0.305 e. The van der Waals surface area contributed by atoms with Gasteiger partial charge in [0.15, 0.2) is 11.5 Å². The number of nitrogens with zero attached hydrogens (tertiary/aromatic N) is 1.